The fourth-order valence-corrected chi connectivity index (χ4v) is 2.29. The third-order valence-corrected chi connectivity index (χ3v) is 3.97. The summed E-state index contributed by atoms with van der Waals surface area (Å²) in [5, 5.41) is 12.1. The SMILES string of the molecule is CCC(CC)(CNCc1ccc(C(=O)O)cc1)C(=O)OC. The van der Waals surface area contributed by atoms with Gasteiger partial charge in [0.15, 0.2) is 0 Å². The molecule has 0 aliphatic carbocycles. The van der Waals surface area contributed by atoms with Crippen LogP contribution in [0.2, 0.25) is 0 Å². The molecule has 1 rings (SSSR count). The summed E-state index contributed by atoms with van der Waals surface area (Å²) in [4.78, 5) is 22.7. The Morgan fingerprint density at radius 1 is 1.19 bits per heavy atom. The quantitative estimate of drug-likeness (QED) is 0.720. The number of rotatable bonds is 8. The van der Waals surface area contributed by atoms with Gasteiger partial charge in [-0.15, -0.1) is 0 Å². The van der Waals surface area contributed by atoms with Gasteiger partial charge in [0.1, 0.15) is 0 Å². The van der Waals surface area contributed by atoms with E-state index in [1.807, 2.05) is 13.8 Å². The third-order valence-electron chi connectivity index (χ3n) is 3.97. The molecule has 0 fully saturated rings. The van der Waals surface area contributed by atoms with Crippen molar-refractivity contribution >= 4 is 11.9 Å². The molecule has 2 N–H and O–H groups in total. The number of carbonyl (C=O) groups excluding carboxylic acids is 1. The molecule has 0 unspecified atom stereocenters. The average molecular weight is 293 g/mol. The minimum Gasteiger partial charge on any atom is -0.478 e. The van der Waals surface area contributed by atoms with E-state index >= 15 is 0 Å². The number of carboxylic acid groups (broad SMARTS) is 1. The molecule has 0 bridgehead atoms. The molecule has 0 aliphatic heterocycles. The smallest absolute Gasteiger partial charge is 0.335 e. The Labute approximate surface area is 125 Å². The number of methoxy groups -OCH3 is 1. The van der Waals surface area contributed by atoms with E-state index in [0.29, 0.717) is 25.9 Å². The first-order valence-electron chi connectivity index (χ1n) is 7.10. The molecule has 0 aliphatic rings. The van der Waals surface area contributed by atoms with Crippen molar-refractivity contribution in [2.75, 3.05) is 13.7 Å². The van der Waals surface area contributed by atoms with Gasteiger partial charge in [0, 0.05) is 13.1 Å². The molecule has 0 spiro atoms. The van der Waals surface area contributed by atoms with Gasteiger partial charge >= 0.3 is 11.9 Å². The van der Waals surface area contributed by atoms with Gasteiger partial charge in [-0.05, 0) is 30.5 Å². The number of hydrogen-bond donors (Lipinski definition) is 2. The molecule has 0 saturated carbocycles. The molecule has 116 valence electrons. The minimum absolute atomic E-state index is 0.193. The zero-order chi connectivity index (χ0) is 15.9. The highest BCUT2D eigenvalue weighted by molar-refractivity contribution is 5.87. The van der Waals surface area contributed by atoms with Crippen molar-refractivity contribution in [3.05, 3.63) is 35.4 Å². The zero-order valence-corrected chi connectivity index (χ0v) is 12.8. The van der Waals surface area contributed by atoms with Gasteiger partial charge in [-0.25, -0.2) is 4.79 Å². The van der Waals surface area contributed by atoms with Crippen LogP contribution in [0.5, 0.6) is 0 Å². The van der Waals surface area contributed by atoms with Crippen LogP contribution in [-0.2, 0) is 16.1 Å². The number of hydrogen-bond acceptors (Lipinski definition) is 4. The Morgan fingerprint density at radius 2 is 1.76 bits per heavy atom. The van der Waals surface area contributed by atoms with Crippen LogP contribution in [-0.4, -0.2) is 30.7 Å². The van der Waals surface area contributed by atoms with Gasteiger partial charge in [-0.2, -0.15) is 0 Å². The zero-order valence-electron chi connectivity index (χ0n) is 12.8. The van der Waals surface area contributed by atoms with Crippen molar-refractivity contribution in [3.8, 4) is 0 Å². The molecule has 1 aromatic carbocycles. The van der Waals surface area contributed by atoms with Gasteiger partial charge in [-0.3, -0.25) is 4.79 Å². The van der Waals surface area contributed by atoms with Crippen molar-refractivity contribution in [2.24, 2.45) is 5.41 Å². The Hall–Kier alpha value is -1.88. The second kappa shape index (κ2) is 7.78. The van der Waals surface area contributed by atoms with Crippen molar-refractivity contribution in [1.29, 1.82) is 0 Å². The average Bonchev–Trinajstić information content (AvgIpc) is 2.51. The first-order chi connectivity index (χ1) is 9.99. The van der Waals surface area contributed by atoms with Crippen molar-refractivity contribution in [3.63, 3.8) is 0 Å². The largest absolute Gasteiger partial charge is 0.478 e. The van der Waals surface area contributed by atoms with Crippen LogP contribution in [0.25, 0.3) is 0 Å². The van der Waals surface area contributed by atoms with Crippen LogP contribution >= 0.6 is 0 Å². The number of carboxylic acids is 1. The van der Waals surface area contributed by atoms with Crippen molar-refractivity contribution in [2.45, 2.75) is 33.2 Å². The lowest BCUT2D eigenvalue weighted by Crippen LogP contribution is -2.40. The van der Waals surface area contributed by atoms with Crippen LogP contribution in [0.15, 0.2) is 24.3 Å². The molecule has 1 aromatic rings. The summed E-state index contributed by atoms with van der Waals surface area (Å²) < 4.78 is 4.90. The highest BCUT2D eigenvalue weighted by Gasteiger charge is 2.35. The van der Waals surface area contributed by atoms with Gasteiger partial charge < -0.3 is 15.2 Å². The molecule has 5 heteroatoms. The van der Waals surface area contributed by atoms with E-state index in [9.17, 15) is 9.59 Å². The second-order valence-corrected chi connectivity index (χ2v) is 5.08. The Balaban J connectivity index is 2.62. The monoisotopic (exact) mass is 293 g/mol. The van der Waals surface area contributed by atoms with E-state index < -0.39 is 11.4 Å². The van der Waals surface area contributed by atoms with E-state index in [4.69, 9.17) is 9.84 Å². The fraction of sp³-hybridized carbons (Fsp3) is 0.500. The van der Waals surface area contributed by atoms with Crippen LogP contribution in [0.4, 0.5) is 0 Å². The number of carbonyl (C=O) groups is 2. The molecule has 0 aromatic heterocycles. The molecule has 0 radical (unpaired) electrons. The van der Waals surface area contributed by atoms with Gasteiger partial charge in [-0.1, -0.05) is 26.0 Å². The fourth-order valence-electron chi connectivity index (χ4n) is 2.29. The van der Waals surface area contributed by atoms with E-state index in [1.165, 1.54) is 7.11 Å². The highest BCUT2D eigenvalue weighted by Crippen LogP contribution is 2.27. The summed E-state index contributed by atoms with van der Waals surface area (Å²) in [5.41, 5.74) is 0.742. The summed E-state index contributed by atoms with van der Waals surface area (Å²) in [7, 11) is 1.41. The summed E-state index contributed by atoms with van der Waals surface area (Å²) in [6.07, 6.45) is 1.42. The number of esters is 1. The maximum absolute atomic E-state index is 11.9. The van der Waals surface area contributed by atoms with Crippen molar-refractivity contribution < 1.29 is 19.4 Å². The molecular weight excluding hydrogens is 270 g/mol. The van der Waals surface area contributed by atoms with E-state index in [1.54, 1.807) is 24.3 Å². The predicted molar refractivity (Wildman–Crippen MR) is 80.1 cm³/mol. The maximum Gasteiger partial charge on any atom is 0.335 e. The summed E-state index contributed by atoms with van der Waals surface area (Å²) in [5.74, 6) is -1.13. The lowest BCUT2D eigenvalue weighted by atomic mass is 9.82. The molecule has 21 heavy (non-hydrogen) atoms. The van der Waals surface area contributed by atoms with Crippen molar-refractivity contribution in [1.82, 2.24) is 5.32 Å². The molecular formula is C16H23NO4. The molecule has 0 amide bonds. The third kappa shape index (κ3) is 4.29. The van der Waals surface area contributed by atoms with E-state index in [2.05, 4.69) is 5.32 Å². The van der Waals surface area contributed by atoms with E-state index in [0.717, 1.165) is 5.56 Å². The lowest BCUT2D eigenvalue weighted by molar-refractivity contribution is -0.153. The van der Waals surface area contributed by atoms with Crippen LogP contribution in [0, 0.1) is 5.41 Å². The molecule has 0 heterocycles. The van der Waals surface area contributed by atoms with Crippen LogP contribution in [0.3, 0.4) is 0 Å². The Bertz CT molecular complexity index is 478. The van der Waals surface area contributed by atoms with Gasteiger partial charge in [0.2, 0.25) is 0 Å². The summed E-state index contributed by atoms with van der Waals surface area (Å²) >= 11 is 0. The van der Waals surface area contributed by atoms with Crippen LogP contribution in [0.1, 0.15) is 42.6 Å². The minimum atomic E-state index is -0.934. The van der Waals surface area contributed by atoms with E-state index in [-0.39, 0.29) is 11.5 Å². The van der Waals surface area contributed by atoms with Gasteiger partial charge in [0.05, 0.1) is 18.1 Å². The number of benzene rings is 1. The Kier molecular flexibility index (Phi) is 6.37. The van der Waals surface area contributed by atoms with Gasteiger partial charge in [0.25, 0.3) is 0 Å². The molecule has 5 nitrogen and oxygen atoms in total. The van der Waals surface area contributed by atoms with Crippen LogP contribution < -0.4 is 5.32 Å². The summed E-state index contributed by atoms with van der Waals surface area (Å²) in [6, 6.07) is 6.70. The lowest BCUT2D eigenvalue weighted by Gasteiger charge is -2.28. The Morgan fingerprint density at radius 3 is 2.19 bits per heavy atom. The topological polar surface area (TPSA) is 75.6 Å². The maximum atomic E-state index is 11.9. The molecule has 0 atom stereocenters. The highest BCUT2D eigenvalue weighted by atomic mass is 16.5. The standard InChI is InChI=1S/C16H23NO4/c1-4-16(5-2,15(20)21-3)11-17-10-12-6-8-13(9-7-12)14(18)19/h6-9,17H,4-5,10-11H2,1-3H3,(H,18,19). The normalized spacial score (nSPS) is 11.2. The molecule has 0 saturated heterocycles. The second-order valence-electron chi connectivity index (χ2n) is 5.08. The number of aromatic carboxylic acids is 1. The number of ether oxygens (including phenoxy) is 1. The number of nitrogens with one attached hydrogen (secondary N) is 1. The predicted octanol–water partition coefficient (Wildman–Crippen LogP) is 2.45. The first kappa shape index (κ1) is 17.2. The first-order valence-corrected chi connectivity index (χ1v) is 7.10. The summed E-state index contributed by atoms with van der Waals surface area (Å²) in [6.45, 7) is 5.07.